The third-order valence-electron chi connectivity index (χ3n) is 2.77. The van der Waals surface area contributed by atoms with Crippen LogP contribution in [-0.2, 0) is 4.79 Å². The first-order valence-corrected chi connectivity index (χ1v) is 6.69. The number of carbonyl (C=O) groups is 2. The van der Waals surface area contributed by atoms with Crippen molar-refractivity contribution >= 4 is 29.4 Å². The molecule has 1 heterocycles. The molecule has 1 aliphatic rings. The van der Waals surface area contributed by atoms with Crippen LogP contribution in [0.2, 0.25) is 0 Å². The third-order valence-corrected chi connectivity index (χ3v) is 3.78. The van der Waals surface area contributed by atoms with Crippen LogP contribution in [0.3, 0.4) is 0 Å². The van der Waals surface area contributed by atoms with Crippen LogP contribution in [0, 0.1) is 23.3 Å². The van der Waals surface area contributed by atoms with Gasteiger partial charge >= 0.3 is 12.0 Å². The SMILES string of the molecule is O=C(O)[C@@H]1CSCN1C(=O)Nc1c(F)c(F)cc(F)c1F. The zero-order valence-electron chi connectivity index (χ0n) is 10.2. The van der Waals surface area contributed by atoms with Crippen LogP contribution < -0.4 is 5.32 Å². The van der Waals surface area contributed by atoms with E-state index in [-0.39, 0.29) is 17.7 Å². The number of rotatable bonds is 2. The Hall–Kier alpha value is -1.97. The lowest BCUT2D eigenvalue weighted by Crippen LogP contribution is -2.44. The van der Waals surface area contributed by atoms with E-state index < -0.39 is 47.0 Å². The summed E-state index contributed by atoms with van der Waals surface area (Å²) in [6.45, 7) is 0. The minimum atomic E-state index is -1.76. The van der Waals surface area contributed by atoms with Crippen LogP contribution in [0.4, 0.5) is 28.0 Å². The van der Waals surface area contributed by atoms with E-state index in [1.54, 1.807) is 5.32 Å². The lowest BCUT2D eigenvalue weighted by molar-refractivity contribution is -0.140. The molecule has 0 radical (unpaired) electrons. The molecule has 2 N–H and O–H groups in total. The summed E-state index contributed by atoms with van der Waals surface area (Å²) in [6, 6.07) is -2.33. The fourth-order valence-electron chi connectivity index (χ4n) is 1.71. The molecule has 1 aromatic rings. The number of carbonyl (C=O) groups excluding carboxylic acids is 1. The molecule has 0 aromatic heterocycles. The molecule has 1 aromatic carbocycles. The Bertz CT molecular complexity index is 587. The van der Waals surface area contributed by atoms with Gasteiger partial charge in [0.15, 0.2) is 23.3 Å². The topological polar surface area (TPSA) is 69.6 Å². The van der Waals surface area contributed by atoms with E-state index in [1.807, 2.05) is 0 Å². The van der Waals surface area contributed by atoms with Crippen LogP contribution in [-0.4, -0.2) is 39.7 Å². The average molecular weight is 324 g/mol. The van der Waals surface area contributed by atoms with Gasteiger partial charge in [0.25, 0.3) is 0 Å². The second kappa shape index (κ2) is 5.80. The molecule has 0 unspecified atom stereocenters. The minimum absolute atomic E-state index is 0.00603. The number of halogens is 4. The van der Waals surface area contributed by atoms with Crippen molar-refractivity contribution in [3.8, 4) is 0 Å². The largest absolute Gasteiger partial charge is 0.480 e. The fraction of sp³-hybridized carbons (Fsp3) is 0.273. The van der Waals surface area contributed by atoms with Gasteiger partial charge in [0.1, 0.15) is 11.7 Å². The summed E-state index contributed by atoms with van der Waals surface area (Å²) in [6.07, 6.45) is 0. The van der Waals surface area contributed by atoms with Crippen molar-refractivity contribution in [1.29, 1.82) is 0 Å². The molecule has 1 aliphatic heterocycles. The van der Waals surface area contributed by atoms with Gasteiger partial charge in [-0.2, -0.15) is 0 Å². The van der Waals surface area contributed by atoms with E-state index in [4.69, 9.17) is 5.11 Å². The smallest absolute Gasteiger partial charge is 0.327 e. The summed E-state index contributed by atoms with van der Waals surface area (Å²) in [4.78, 5) is 23.5. The Morgan fingerprint density at radius 3 is 2.33 bits per heavy atom. The third kappa shape index (κ3) is 2.89. The first-order chi connectivity index (χ1) is 9.82. The molecular formula is C11H8F4N2O3S. The number of thioether (sulfide) groups is 1. The van der Waals surface area contributed by atoms with E-state index in [0.717, 1.165) is 16.7 Å². The Morgan fingerprint density at radius 2 is 1.81 bits per heavy atom. The van der Waals surface area contributed by atoms with Gasteiger partial charge in [-0.3, -0.25) is 0 Å². The number of benzene rings is 1. The van der Waals surface area contributed by atoms with Crippen molar-refractivity contribution in [1.82, 2.24) is 4.90 Å². The van der Waals surface area contributed by atoms with E-state index in [9.17, 15) is 27.2 Å². The van der Waals surface area contributed by atoms with Crippen molar-refractivity contribution in [2.75, 3.05) is 16.9 Å². The first-order valence-electron chi connectivity index (χ1n) is 5.54. The standard InChI is InChI=1S/C11H8F4N2O3S/c12-4-1-5(13)8(15)9(7(4)14)16-11(20)17-3-21-2-6(17)10(18)19/h1,6H,2-3H2,(H,16,20)(H,18,19)/t6-/m0/s1. The van der Waals surface area contributed by atoms with E-state index in [2.05, 4.69) is 0 Å². The van der Waals surface area contributed by atoms with Gasteiger partial charge in [-0.1, -0.05) is 0 Å². The molecule has 1 atom stereocenters. The molecule has 2 amide bonds. The average Bonchev–Trinajstić information content (AvgIpc) is 2.91. The van der Waals surface area contributed by atoms with Crippen molar-refractivity contribution in [3.63, 3.8) is 0 Å². The minimum Gasteiger partial charge on any atom is -0.480 e. The summed E-state index contributed by atoms with van der Waals surface area (Å²) in [7, 11) is 0. The highest BCUT2D eigenvalue weighted by molar-refractivity contribution is 7.99. The maximum absolute atomic E-state index is 13.4. The molecular weight excluding hydrogens is 316 g/mol. The maximum atomic E-state index is 13.4. The van der Waals surface area contributed by atoms with Gasteiger partial charge in [0.05, 0.1) is 5.88 Å². The number of amides is 2. The zero-order valence-corrected chi connectivity index (χ0v) is 11.0. The lowest BCUT2D eigenvalue weighted by Gasteiger charge is -2.21. The van der Waals surface area contributed by atoms with Crippen LogP contribution >= 0.6 is 11.8 Å². The van der Waals surface area contributed by atoms with Crippen LogP contribution in [0.1, 0.15) is 0 Å². The number of hydrogen-bond donors (Lipinski definition) is 2. The molecule has 114 valence electrons. The van der Waals surface area contributed by atoms with Gasteiger partial charge in [-0.25, -0.2) is 27.2 Å². The van der Waals surface area contributed by atoms with Crippen LogP contribution in [0.5, 0.6) is 0 Å². The lowest BCUT2D eigenvalue weighted by atomic mass is 10.2. The van der Waals surface area contributed by atoms with Gasteiger partial charge in [-0.05, 0) is 0 Å². The van der Waals surface area contributed by atoms with E-state index in [0.29, 0.717) is 0 Å². The summed E-state index contributed by atoms with van der Waals surface area (Å²) >= 11 is 1.12. The molecule has 0 bridgehead atoms. The van der Waals surface area contributed by atoms with Gasteiger partial charge < -0.3 is 15.3 Å². The van der Waals surface area contributed by atoms with Crippen molar-refractivity contribution < 1.29 is 32.3 Å². The molecule has 21 heavy (non-hydrogen) atoms. The summed E-state index contributed by atoms with van der Waals surface area (Å²) in [5.41, 5.74) is -1.29. The molecule has 0 spiro atoms. The number of carboxylic acid groups (broad SMARTS) is 1. The van der Waals surface area contributed by atoms with Crippen molar-refractivity contribution in [3.05, 3.63) is 29.3 Å². The molecule has 1 fully saturated rings. The Kier molecular flexibility index (Phi) is 4.26. The summed E-state index contributed by atoms with van der Waals surface area (Å²) in [5, 5.41) is 10.6. The summed E-state index contributed by atoms with van der Waals surface area (Å²) < 4.78 is 52.8. The Morgan fingerprint density at radius 1 is 1.24 bits per heavy atom. The highest BCUT2D eigenvalue weighted by atomic mass is 32.2. The van der Waals surface area contributed by atoms with Crippen molar-refractivity contribution in [2.24, 2.45) is 0 Å². The zero-order chi connectivity index (χ0) is 15.7. The number of aliphatic carboxylic acids is 1. The Labute approximate surface area is 119 Å². The molecule has 10 heteroatoms. The van der Waals surface area contributed by atoms with Gasteiger partial charge in [-0.15, -0.1) is 11.8 Å². The highest BCUT2D eigenvalue weighted by Crippen LogP contribution is 2.26. The predicted octanol–water partition coefficient (Wildman–Crippen LogP) is 2.23. The molecule has 1 saturated heterocycles. The number of carboxylic acids is 1. The van der Waals surface area contributed by atoms with Crippen LogP contribution in [0.15, 0.2) is 6.07 Å². The van der Waals surface area contributed by atoms with E-state index >= 15 is 0 Å². The maximum Gasteiger partial charge on any atom is 0.327 e. The second-order valence-electron chi connectivity index (χ2n) is 4.10. The fourth-order valence-corrected chi connectivity index (χ4v) is 2.85. The Balaban J connectivity index is 2.26. The van der Waals surface area contributed by atoms with Gasteiger partial charge in [0, 0.05) is 11.8 Å². The van der Waals surface area contributed by atoms with Gasteiger partial charge in [0.2, 0.25) is 0 Å². The number of nitrogens with one attached hydrogen (secondary N) is 1. The molecule has 2 rings (SSSR count). The van der Waals surface area contributed by atoms with Crippen LogP contribution in [0.25, 0.3) is 0 Å². The molecule has 0 saturated carbocycles. The predicted molar refractivity (Wildman–Crippen MR) is 65.9 cm³/mol. The van der Waals surface area contributed by atoms with E-state index in [1.165, 1.54) is 0 Å². The normalized spacial score (nSPS) is 17.9. The number of urea groups is 1. The molecule has 5 nitrogen and oxygen atoms in total. The highest BCUT2D eigenvalue weighted by Gasteiger charge is 2.35. The first kappa shape index (κ1) is 15.4. The molecule has 0 aliphatic carbocycles. The number of nitrogens with zero attached hydrogens (tertiary/aromatic N) is 1. The quantitative estimate of drug-likeness (QED) is 0.647. The monoisotopic (exact) mass is 324 g/mol. The second-order valence-corrected chi connectivity index (χ2v) is 5.10. The summed E-state index contributed by atoms with van der Waals surface area (Å²) in [5.74, 6) is -8.08. The van der Waals surface area contributed by atoms with Crippen molar-refractivity contribution in [2.45, 2.75) is 6.04 Å². The number of anilines is 1. The number of hydrogen-bond acceptors (Lipinski definition) is 3.